The molecule has 0 bridgehead atoms. The van der Waals surface area contributed by atoms with Crippen LogP contribution in [0.15, 0.2) is 12.1 Å². The third-order valence-electron chi connectivity index (χ3n) is 5.31. The fourth-order valence-electron chi connectivity index (χ4n) is 3.49. The summed E-state index contributed by atoms with van der Waals surface area (Å²) in [5.41, 5.74) is 6.29. The van der Waals surface area contributed by atoms with Gasteiger partial charge in [0.1, 0.15) is 5.75 Å². The van der Waals surface area contributed by atoms with Crippen molar-refractivity contribution in [3.05, 3.63) is 22.2 Å². The van der Waals surface area contributed by atoms with Crippen LogP contribution in [0.5, 0.6) is 5.75 Å². The molecule has 1 aromatic carbocycles. The first-order valence-corrected chi connectivity index (χ1v) is 12.3. The molecule has 162 valence electrons. The first-order chi connectivity index (χ1) is 13.6. The molecule has 0 spiro atoms. The zero-order valence-electron chi connectivity index (χ0n) is 17.9. The van der Waals surface area contributed by atoms with Crippen LogP contribution in [0, 0.1) is 0 Å². The number of halogens is 2. The maximum atomic E-state index is 6.11. The highest BCUT2D eigenvalue weighted by molar-refractivity contribution is 6.37. The summed E-state index contributed by atoms with van der Waals surface area (Å²) >= 11 is 12.0. The summed E-state index contributed by atoms with van der Waals surface area (Å²) in [6.45, 7) is 2.96. The average molecular weight is 431 g/mol. The minimum absolute atomic E-state index is 0.472. The molecule has 0 amide bonds. The van der Waals surface area contributed by atoms with Crippen LogP contribution in [0.3, 0.4) is 0 Å². The van der Waals surface area contributed by atoms with E-state index >= 15 is 0 Å². The van der Waals surface area contributed by atoms with Gasteiger partial charge in [-0.3, -0.25) is 0 Å². The molecular weight excluding hydrogens is 389 g/mol. The number of unbranched alkanes of at least 4 members (excludes halogenated alkanes) is 15. The predicted octanol–water partition coefficient (Wildman–Crippen LogP) is 9.22. The molecule has 1 rings (SSSR count). The Kier molecular flexibility index (Phi) is 15.7. The Morgan fingerprint density at radius 3 is 1.54 bits per heavy atom. The van der Waals surface area contributed by atoms with Crippen LogP contribution in [0.25, 0.3) is 0 Å². The van der Waals surface area contributed by atoms with E-state index in [0.29, 0.717) is 28.1 Å². The second kappa shape index (κ2) is 17.3. The van der Waals surface area contributed by atoms with Gasteiger partial charge < -0.3 is 10.5 Å². The monoisotopic (exact) mass is 429 g/mol. The van der Waals surface area contributed by atoms with Gasteiger partial charge >= 0.3 is 0 Å². The van der Waals surface area contributed by atoms with Crippen LogP contribution in [-0.4, -0.2) is 6.61 Å². The highest BCUT2D eigenvalue weighted by Crippen LogP contribution is 2.32. The first-order valence-electron chi connectivity index (χ1n) is 11.5. The number of nitrogens with two attached hydrogens (primary N) is 1. The molecule has 0 aromatic heterocycles. The van der Waals surface area contributed by atoms with Gasteiger partial charge in [0.05, 0.1) is 22.3 Å². The minimum Gasteiger partial charge on any atom is -0.492 e. The van der Waals surface area contributed by atoms with Crippen LogP contribution in [0.4, 0.5) is 5.69 Å². The second-order valence-corrected chi connectivity index (χ2v) is 8.77. The SMILES string of the molecule is CCCCCCCCCCCCCCCCCCOc1cc(N)c(Cl)cc1Cl. The van der Waals surface area contributed by atoms with E-state index in [1.807, 2.05) is 0 Å². The summed E-state index contributed by atoms with van der Waals surface area (Å²) < 4.78 is 5.72. The Morgan fingerprint density at radius 1 is 0.643 bits per heavy atom. The zero-order valence-corrected chi connectivity index (χ0v) is 19.4. The number of ether oxygens (including phenoxy) is 1. The summed E-state index contributed by atoms with van der Waals surface area (Å²) in [5.74, 6) is 0.629. The van der Waals surface area contributed by atoms with E-state index in [4.69, 9.17) is 33.7 Å². The molecule has 28 heavy (non-hydrogen) atoms. The lowest BCUT2D eigenvalue weighted by atomic mass is 10.0. The van der Waals surface area contributed by atoms with Crippen LogP contribution in [0.1, 0.15) is 110 Å². The molecule has 0 saturated carbocycles. The predicted molar refractivity (Wildman–Crippen MR) is 126 cm³/mol. The number of hydrogen-bond donors (Lipinski definition) is 1. The molecule has 0 heterocycles. The molecule has 0 aliphatic heterocycles. The maximum absolute atomic E-state index is 6.11. The lowest BCUT2D eigenvalue weighted by Crippen LogP contribution is -1.99. The van der Waals surface area contributed by atoms with E-state index in [2.05, 4.69) is 6.92 Å². The van der Waals surface area contributed by atoms with E-state index in [0.717, 1.165) is 6.42 Å². The molecule has 0 atom stereocenters. The van der Waals surface area contributed by atoms with Crippen molar-refractivity contribution < 1.29 is 4.74 Å². The second-order valence-electron chi connectivity index (χ2n) is 7.96. The Bertz CT molecular complexity index is 508. The quantitative estimate of drug-likeness (QED) is 0.186. The summed E-state index contributed by atoms with van der Waals surface area (Å²) in [6.07, 6.45) is 21.9. The molecule has 0 radical (unpaired) electrons. The lowest BCUT2D eigenvalue weighted by molar-refractivity contribution is 0.304. The van der Waals surface area contributed by atoms with Gasteiger partial charge in [0, 0.05) is 6.07 Å². The summed E-state index contributed by atoms with van der Waals surface area (Å²) in [4.78, 5) is 0. The van der Waals surface area contributed by atoms with Crippen molar-refractivity contribution in [3.63, 3.8) is 0 Å². The third kappa shape index (κ3) is 12.8. The van der Waals surface area contributed by atoms with Gasteiger partial charge in [0.15, 0.2) is 0 Å². The molecular formula is C24H41Cl2NO. The van der Waals surface area contributed by atoms with Crippen molar-refractivity contribution in [3.8, 4) is 5.75 Å². The van der Waals surface area contributed by atoms with Crippen molar-refractivity contribution in [1.82, 2.24) is 0 Å². The molecule has 0 fully saturated rings. The van der Waals surface area contributed by atoms with Gasteiger partial charge in [0.25, 0.3) is 0 Å². The average Bonchev–Trinajstić information content (AvgIpc) is 2.68. The van der Waals surface area contributed by atoms with Crippen LogP contribution < -0.4 is 10.5 Å². The van der Waals surface area contributed by atoms with E-state index in [1.54, 1.807) is 12.1 Å². The van der Waals surface area contributed by atoms with Crippen molar-refractivity contribution in [2.24, 2.45) is 0 Å². The van der Waals surface area contributed by atoms with Gasteiger partial charge in [-0.15, -0.1) is 0 Å². The van der Waals surface area contributed by atoms with E-state index in [-0.39, 0.29) is 0 Å². The van der Waals surface area contributed by atoms with Gasteiger partial charge in [-0.1, -0.05) is 126 Å². The topological polar surface area (TPSA) is 35.2 Å². The molecule has 0 unspecified atom stereocenters. The molecule has 2 nitrogen and oxygen atoms in total. The largest absolute Gasteiger partial charge is 0.492 e. The number of rotatable bonds is 18. The third-order valence-corrected chi connectivity index (χ3v) is 5.93. The molecule has 0 aliphatic carbocycles. The maximum Gasteiger partial charge on any atom is 0.140 e. The normalized spacial score (nSPS) is 11.1. The van der Waals surface area contributed by atoms with Gasteiger partial charge in [-0.25, -0.2) is 0 Å². The van der Waals surface area contributed by atoms with Gasteiger partial charge in [-0.05, 0) is 12.5 Å². The lowest BCUT2D eigenvalue weighted by Gasteiger charge is -2.09. The smallest absolute Gasteiger partial charge is 0.140 e. The summed E-state index contributed by atoms with van der Waals surface area (Å²) in [7, 11) is 0. The first kappa shape index (κ1) is 25.4. The Labute approximate surface area is 183 Å². The van der Waals surface area contributed by atoms with Crippen LogP contribution >= 0.6 is 23.2 Å². The number of nitrogen functional groups attached to an aromatic ring is 1. The van der Waals surface area contributed by atoms with Gasteiger partial charge in [-0.2, -0.15) is 0 Å². The van der Waals surface area contributed by atoms with Crippen molar-refractivity contribution in [2.75, 3.05) is 12.3 Å². The molecule has 2 N–H and O–H groups in total. The standard InChI is InChI=1S/C24H41Cl2NO/c1-2-3-4-5-6-7-8-9-10-11-12-13-14-15-16-17-18-28-24-20-23(27)21(25)19-22(24)26/h19-20H,2-18,27H2,1H3. The minimum atomic E-state index is 0.472. The highest BCUT2D eigenvalue weighted by atomic mass is 35.5. The number of benzene rings is 1. The zero-order chi connectivity index (χ0) is 20.5. The Hall–Kier alpha value is -0.600. The molecule has 0 saturated heterocycles. The number of anilines is 1. The van der Waals surface area contributed by atoms with Crippen molar-refractivity contribution in [2.45, 2.75) is 110 Å². The van der Waals surface area contributed by atoms with Crippen molar-refractivity contribution >= 4 is 28.9 Å². The summed E-state index contributed by atoms with van der Waals surface area (Å²) in [5, 5.41) is 0.996. The molecule has 1 aromatic rings. The fourth-order valence-corrected chi connectivity index (χ4v) is 3.93. The number of hydrogen-bond acceptors (Lipinski definition) is 2. The van der Waals surface area contributed by atoms with E-state index in [1.165, 1.54) is 96.3 Å². The molecule has 4 heteroatoms. The van der Waals surface area contributed by atoms with Crippen molar-refractivity contribution in [1.29, 1.82) is 0 Å². The van der Waals surface area contributed by atoms with Crippen LogP contribution in [-0.2, 0) is 0 Å². The van der Waals surface area contributed by atoms with Crippen LogP contribution in [0.2, 0.25) is 10.0 Å². The summed E-state index contributed by atoms with van der Waals surface area (Å²) in [6, 6.07) is 3.35. The highest BCUT2D eigenvalue weighted by Gasteiger charge is 2.06. The Balaban J connectivity index is 1.83. The van der Waals surface area contributed by atoms with Gasteiger partial charge in [0.2, 0.25) is 0 Å². The van der Waals surface area contributed by atoms with E-state index < -0.39 is 0 Å². The molecule has 0 aliphatic rings. The Morgan fingerprint density at radius 2 is 1.07 bits per heavy atom. The van der Waals surface area contributed by atoms with E-state index in [9.17, 15) is 0 Å². The fraction of sp³-hybridized carbons (Fsp3) is 0.750.